The maximum atomic E-state index is 12.0. The van der Waals surface area contributed by atoms with Crippen molar-refractivity contribution in [2.45, 2.75) is 97.5 Å². The number of hydrogen-bond donors (Lipinski definition) is 3. The Labute approximate surface area is 187 Å². The number of nitrogens with one attached hydrogen (secondary N) is 1. The van der Waals surface area contributed by atoms with E-state index in [1.807, 2.05) is 0 Å². The monoisotopic (exact) mass is 433 g/mol. The van der Waals surface area contributed by atoms with E-state index < -0.39 is 5.97 Å². The highest BCUT2D eigenvalue weighted by Gasteiger charge is 2.60. The summed E-state index contributed by atoms with van der Waals surface area (Å²) < 4.78 is 0. The van der Waals surface area contributed by atoms with E-state index in [-0.39, 0.29) is 18.6 Å². The van der Waals surface area contributed by atoms with Crippen LogP contribution in [0.2, 0.25) is 0 Å². The maximum absolute atomic E-state index is 12.0. The van der Waals surface area contributed by atoms with Crippen LogP contribution in [-0.2, 0) is 9.59 Å². The standard InChI is InChI=1S/C26H43NO4/c1-16(4-9-23(29)27-15-24(30)31)20-7-8-21-19-6-5-17-14-18(28)10-12-25(17,2)22(19)11-13-26(20,21)3/h16-22,28H,4-15H2,1-3H3,(H,27,29)(H,30,31)/t16-,17-,18-,19+,20-,21+,22+,25-,26+/m0/s1. The molecule has 4 aliphatic carbocycles. The van der Waals surface area contributed by atoms with Crippen LogP contribution in [0.4, 0.5) is 0 Å². The zero-order chi connectivity index (χ0) is 22.4. The number of carbonyl (C=O) groups is 2. The molecule has 0 aromatic heterocycles. The van der Waals surface area contributed by atoms with Gasteiger partial charge in [0.15, 0.2) is 0 Å². The number of amides is 1. The number of aliphatic hydroxyl groups is 1. The van der Waals surface area contributed by atoms with Crippen LogP contribution in [0.5, 0.6) is 0 Å². The van der Waals surface area contributed by atoms with Gasteiger partial charge in [-0.1, -0.05) is 20.8 Å². The number of hydrogen-bond acceptors (Lipinski definition) is 3. The first-order chi connectivity index (χ1) is 14.6. The molecule has 4 aliphatic rings. The van der Waals surface area contributed by atoms with Crippen LogP contribution in [0, 0.1) is 46.3 Å². The SMILES string of the molecule is C[C@@H](CCC(=O)NCC(=O)O)[C@@H]1CC[C@@H]2[C@H]3CC[C@H]4C[C@@H](O)CC[C@]4(C)[C@@H]3CC[C@@]21C. The Hall–Kier alpha value is -1.10. The number of carbonyl (C=O) groups excluding carboxylic acids is 1. The van der Waals surface area contributed by atoms with Crippen molar-refractivity contribution in [1.29, 1.82) is 0 Å². The van der Waals surface area contributed by atoms with Crippen molar-refractivity contribution in [2.75, 3.05) is 6.54 Å². The van der Waals surface area contributed by atoms with E-state index >= 15 is 0 Å². The molecule has 0 heterocycles. The van der Waals surface area contributed by atoms with E-state index in [0.29, 0.717) is 35.0 Å². The normalized spacial score (nSPS) is 45.2. The average Bonchev–Trinajstić information content (AvgIpc) is 3.08. The van der Waals surface area contributed by atoms with Gasteiger partial charge in [0, 0.05) is 6.42 Å². The molecule has 1 amide bonds. The number of aliphatic carboxylic acids is 1. The Kier molecular flexibility index (Phi) is 6.46. The first-order valence-electron chi connectivity index (χ1n) is 12.8. The van der Waals surface area contributed by atoms with Gasteiger partial charge >= 0.3 is 5.97 Å². The number of carboxylic acid groups (broad SMARTS) is 1. The van der Waals surface area contributed by atoms with E-state index in [4.69, 9.17) is 5.11 Å². The Morgan fingerprint density at radius 1 is 1.00 bits per heavy atom. The minimum atomic E-state index is -0.986. The molecule has 3 N–H and O–H groups in total. The summed E-state index contributed by atoms with van der Waals surface area (Å²) in [7, 11) is 0. The summed E-state index contributed by atoms with van der Waals surface area (Å²) in [5, 5.41) is 21.5. The zero-order valence-electron chi connectivity index (χ0n) is 19.7. The van der Waals surface area contributed by atoms with Crippen molar-refractivity contribution < 1.29 is 19.8 Å². The van der Waals surface area contributed by atoms with Gasteiger partial charge in [-0.3, -0.25) is 9.59 Å². The quantitative estimate of drug-likeness (QED) is 0.570. The van der Waals surface area contributed by atoms with Crippen LogP contribution >= 0.6 is 0 Å². The molecule has 4 saturated carbocycles. The molecule has 0 aromatic rings. The van der Waals surface area contributed by atoms with Crippen LogP contribution in [0.15, 0.2) is 0 Å². The van der Waals surface area contributed by atoms with Crippen molar-refractivity contribution in [3.05, 3.63) is 0 Å². The molecule has 5 nitrogen and oxygen atoms in total. The number of aliphatic hydroxyl groups excluding tert-OH is 1. The molecule has 176 valence electrons. The molecule has 0 radical (unpaired) electrons. The van der Waals surface area contributed by atoms with E-state index in [1.165, 1.54) is 44.9 Å². The van der Waals surface area contributed by atoms with Gasteiger partial charge < -0.3 is 15.5 Å². The second-order valence-electron chi connectivity index (χ2n) is 12.0. The van der Waals surface area contributed by atoms with Gasteiger partial charge in [0.05, 0.1) is 6.10 Å². The Bertz CT molecular complexity index is 695. The topological polar surface area (TPSA) is 86.6 Å². The highest BCUT2D eigenvalue weighted by molar-refractivity contribution is 5.81. The second-order valence-corrected chi connectivity index (χ2v) is 12.0. The molecule has 4 rings (SSSR count). The van der Waals surface area contributed by atoms with E-state index in [0.717, 1.165) is 37.0 Å². The number of carboxylic acids is 1. The molecule has 0 aromatic carbocycles. The van der Waals surface area contributed by atoms with Crippen molar-refractivity contribution in [3.8, 4) is 0 Å². The molecule has 4 fully saturated rings. The summed E-state index contributed by atoms with van der Waals surface area (Å²) in [6, 6.07) is 0. The van der Waals surface area contributed by atoms with E-state index in [9.17, 15) is 14.7 Å². The molecule has 5 heteroatoms. The van der Waals surface area contributed by atoms with Gasteiger partial charge in [-0.15, -0.1) is 0 Å². The predicted octanol–water partition coefficient (Wildman–Crippen LogP) is 4.62. The largest absolute Gasteiger partial charge is 0.480 e. The van der Waals surface area contributed by atoms with Crippen molar-refractivity contribution in [2.24, 2.45) is 46.3 Å². The molecule has 0 bridgehead atoms. The molecular formula is C26H43NO4. The van der Waals surface area contributed by atoms with Crippen molar-refractivity contribution in [1.82, 2.24) is 5.32 Å². The molecule has 9 atom stereocenters. The lowest BCUT2D eigenvalue weighted by atomic mass is 9.44. The molecule has 31 heavy (non-hydrogen) atoms. The Morgan fingerprint density at radius 3 is 2.45 bits per heavy atom. The van der Waals surface area contributed by atoms with Gasteiger partial charge in [-0.25, -0.2) is 0 Å². The summed E-state index contributed by atoms with van der Waals surface area (Å²) >= 11 is 0. The van der Waals surface area contributed by atoms with Crippen molar-refractivity contribution in [3.63, 3.8) is 0 Å². The first-order valence-corrected chi connectivity index (χ1v) is 12.8. The summed E-state index contributed by atoms with van der Waals surface area (Å²) in [5.41, 5.74) is 0.810. The van der Waals surface area contributed by atoms with Crippen LogP contribution < -0.4 is 5.32 Å². The van der Waals surface area contributed by atoms with Gasteiger partial charge in [0.1, 0.15) is 6.54 Å². The Morgan fingerprint density at radius 2 is 1.71 bits per heavy atom. The molecular weight excluding hydrogens is 390 g/mol. The van der Waals surface area contributed by atoms with E-state index in [2.05, 4.69) is 26.1 Å². The number of fused-ring (bicyclic) bond motifs is 5. The average molecular weight is 434 g/mol. The second kappa shape index (κ2) is 8.68. The smallest absolute Gasteiger partial charge is 0.322 e. The highest BCUT2D eigenvalue weighted by Crippen LogP contribution is 2.68. The van der Waals surface area contributed by atoms with Gasteiger partial charge in [-0.05, 0) is 111 Å². The van der Waals surface area contributed by atoms with Crippen LogP contribution in [-0.4, -0.2) is 34.7 Å². The fraction of sp³-hybridized carbons (Fsp3) is 0.923. The fourth-order valence-electron chi connectivity index (χ4n) is 9.03. The first kappa shape index (κ1) is 23.1. The van der Waals surface area contributed by atoms with Crippen LogP contribution in [0.1, 0.15) is 91.4 Å². The van der Waals surface area contributed by atoms with Crippen LogP contribution in [0.25, 0.3) is 0 Å². The maximum Gasteiger partial charge on any atom is 0.322 e. The van der Waals surface area contributed by atoms with Gasteiger partial charge in [-0.2, -0.15) is 0 Å². The van der Waals surface area contributed by atoms with Crippen molar-refractivity contribution >= 4 is 11.9 Å². The lowest BCUT2D eigenvalue weighted by molar-refractivity contribution is -0.138. The Balaban J connectivity index is 1.40. The van der Waals surface area contributed by atoms with Gasteiger partial charge in [0.2, 0.25) is 5.91 Å². The van der Waals surface area contributed by atoms with E-state index in [1.54, 1.807) is 0 Å². The third-order valence-corrected chi connectivity index (χ3v) is 10.7. The highest BCUT2D eigenvalue weighted by atomic mass is 16.4. The lowest BCUT2D eigenvalue weighted by Gasteiger charge is -2.61. The molecule has 0 saturated heterocycles. The minimum Gasteiger partial charge on any atom is -0.480 e. The minimum absolute atomic E-state index is 0.0760. The fourth-order valence-corrected chi connectivity index (χ4v) is 9.03. The number of rotatable bonds is 6. The van der Waals surface area contributed by atoms with Crippen LogP contribution in [0.3, 0.4) is 0 Å². The summed E-state index contributed by atoms with van der Waals surface area (Å²) in [6.45, 7) is 7.13. The molecule has 0 spiro atoms. The third kappa shape index (κ3) is 4.16. The molecule has 0 aliphatic heterocycles. The summed E-state index contributed by atoms with van der Waals surface area (Å²) in [5.74, 6) is 3.23. The predicted molar refractivity (Wildman–Crippen MR) is 120 cm³/mol. The summed E-state index contributed by atoms with van der Waals surface area (Å²) in [4.78, 5) is 22.7. The summed E-state index contributed by atoms with van der Waals surface area (Å²) in [6.07, 6.45) is 12.3. The zero-order valence-corrected chi connectivity index (χ0v) is 19.7. The molecule has 0 unspecified atom stereocenters. The lowest BCUT2D eigenvalue weighted by Crippen LogP contribution is -2.54. The van der Waals surface area contributed by atoms with Gasteiger partial charge in [0.25, 0.3) is 0 Å². The third-order valence-electron chi connectivity index (χ3n) is 10.7.